The van der Waals surface area contributed by atoms with E-state index in [4.69, 9.17) is 9.84 Å². The van der Waals surface area contributed by atoms with E-state index in [1.807, 2.05) is 0 Å². The van der Waals surface area contributed by atoms with Gasteiger partial charge in [-0.25, -0.2) is 0 Å². The molecule has 13 heavy (non-hydrogen) atoms. The minimum Gasteiger partial charge on any atom is -0.367 e. The molecule has 0 fully saturated rings. The molecule has 0 aliphatic rings. The number of hydrogen-bond acceptors (Lipinski definition) is 2. The molecule has 5 heteroatoms. The van der Waals surface area contributed by atoms with E-state index in [1.165, 1.54) is 0 Å². The molecule has 2 atom stereocenters. The molecule has 0 aromatic heterocycles. The van der Waals surface area contributed by atoms with E-state index in [1.54, 1.807) is 20.8 Å². The van der Waals surface area contributed by atoms with Crippen molar-refractivity contribution >= 4 is 0 Å². The predicted molar refractivity (Wildman–Crippen MR) is 42.1 cm³/mol. The largest absolute Gasteiger partial charge is 0.396 e. The van der Waals surface area contributed by atoms with E-state index in [0.29, 0.717) is 0 Å². The Hall–Kier alpha value is -0.290. The van der Waals surface area contributed by atoms with Gasteiger partial charge in [0.2, 0.25) is 0 Å². The summed E-state index contributed by atoms with van der Waals surface area (Å²) in [6, 6.07) is 0. The van der Waals surface area contributed by atoms with Gasteiger partial charge in [0.25, 0.3) is 0 Å². The van der Waals surface area contributed by atoms with Crippen molar-refractivity contribution in [1.29, 1.82) is 0 Å². The minimum absolute atomic E-state index is 0.779. The molecule has 80 valence electrons. The summed E-state index contributed by atoms with van der Waals surface area (Å²) in [6.45, 7) is 5.63. The van der Waals surface area contributed by atoms with Crippen molar-refractivity contribution < 1.29 is 23.0 Å². The third-order valence-electron chi connectivity index (χ3n) is 1.42. The molecule has 0 saturated carbocycles. The van der Waals surface area contributed by atoms with Gasteiger partial charge in [-0.2, -0.15) is 13.2 Å². The maximum Gasteiger partial charge on any atom is 0.396 e. The Morgan fingerprint density at radius 3 is 1.77 bits per heavy atom. The smallest absolute Gasteiger partial charge is 0.367 e. The quantitative estimate of drug-likeness (QED) is 0.693. The molecule has 0 rings (SSSR count). The molecular weight excluding hydrogens is 185 g/mol. The van der Waals surface area contributed by atoms with Crippen LogP contribution < -0.4 is 0 Å². The third-order valence-corrected chi connectivity index (χ3v) is 1.42. The minimum atomic E-state index is -4.43. The average molecular weight is 200 g/mol. The molecule has 1 N–H and O–H groups in total. The summed E-state index contributed by atoms with van der Waals surface area (Å²) >= 11 is 0. The summed E-state index contributed by atoms with van der Waals surface area (Å²) in [5.41, 5.74) is -0.779. The number of aliphatic hydroxyl groups excluding tert-OH is 1. The Kier molecular flexibility index (Phi) is 3.75. The molecule has 0 bridgehead atoms. The molecule has 2 nitrogen and oxygen atoms in total. The molecule has 2 unspecified atom stereocenters. The van der Waals surface area contributed by atoms with Crippen LogP contribution in [0, 0.1) is 5.92 Å². The number of ether oxygens (including phenoxy) is 1. The Morgan fingerprint density at radius 2 is 1.54 bits per heavy atom. The van der Waals surface area contributed by atoms with Gasteiger partial charge in [0, 0.05) is 0 Å². The van der Waals surface area contributed by atoms with E-state index in [-0.39, 0.29) is 0 Å². The summed E-state index contributed by atoms with van der Waals surface area (Å²) in [4.78, 5) is 0. The molecule has 0 aliphatic heterocycles. The molecule has 0 spiro atoms. The standard InChI is InChI=1S/C8H15F3O2/c1-5(8(9,10)11)6(12)13-7(2,3)4/h5-6,12H,1-4H3. The van der Waals surface area contributed by atoms with Gasteiger partial charge in [0.1, 0.15) is 5.92 Å². The second-order valence-corrected chi connectivity index (χ2v) is 3.95. The van der Waals surface area contributed by atoms with Gasteiger partial charge in [-0.05, 0) is 27.7 Å². The van der Waals surface area contributed by atoms with Gasteiger partial charge in [-0.15, -0.1) is 0 Å². The van der Waals surface area contributed by atoms with Crippen molar-refractivity contribution in [3.8, 4) is 0 Å². The summed E-state index contributed by atoms with van der Waals surface area (Å²) in [7, 11) is 0. The number of alkyl halides is 3. The zero-order valence-corrected chi connectivity index (χ0v) is 8.14. The van der Waals surface area contributed by atoms with Crippen LogP contribution in [0.3, 0.4) is 0 Å². The fourth-order valence-electron chi connectivity index (χ4n) is 0.626. The van der Waals surface area contributed by atoms with Crippen molar-refractivity contribution in [2.75, 3.05) is 0 Å². The summed E-state index contributed by atoms with van der Waals surface area (Å²) < 4.78 is 40.9. The van der Waals surface area contributed by atoms with E-state index in [2.05, 4.69) is 0 Å². The van der Waals surface area contributed by atoms with Crippen LogP contribution in [0.1, 0.15) is 27.7 Å². The summed E-state index contributed by atoms with van der Waals surface area (Å²) in [5, 5.41) is 9.05. The van der Waals surface area contributed by atoms with Crippen LogP contribution in [0.5, 0.6) is 0 Å². The first kappa shape index (κ1) is 12.7. The molecule has 0 aliphatic carbocycles. The summed E-state index contributed by atoms with van der Waals surface area (Å²) in [6.07, 6.45) is -6.23. The van der Waals surface area contributed by atoms with Gasteiger partial charge in [0.15, 0.2) is 6.29 Å². The average Bonchev–Trinajstić information content (AvgIpc) is 1.79. The Labute approximate surface area is 75.7 Å². The SMILES string of the molecule is CC(C(O)OC(C)(C)C)C(F)(F)F. The van der Waals surface area contributed by atoms with Crippen molar-refractivity contribution in [3.63, 3.8) is 0 Å². The van der Waals surface area contributed by atoms with Crippen molar-refractivity contribution in [3.05, 3.63) is 0 Å². The van der Waals surface area contributed by atoms with Crippen LogP contribution in [0.25, 0.3) is 0 Å². The molecule has 0 heterocycles. The van der Waals surface area contributed by atoms with Crippen LogP contribution in [0.4, 0.5) is 13.2 Å². The zero-order valence-electron chi connectivity index (χ0n) is 8.14. The van der Waals surface area contributed by atoms with Crippen molar-refractivity contribution in [1.82, 2.24) is 0 Å². The van der Waals surface area contributed by atoms with Gasteiger partial charge in [0.05, 0.1) is 5.60 Å². The highest BCUT2D eigenvalue weighted by atomic mass is 19.4. The number of halogens is 3. The van der Waals surface area contributed by atoms with Crippen molar-refractivity contribution in [2.45, 2.75) is 45.8 Å². The Bertz CT molecular complexity index is 160. The molecule has 0 aromatic carbocycles. The van der Waals surface area contributed by atoms with E-state index in [9.17, 15) is 13.2 Å². The highest BCUT2D eigenvalue weighted by molar-refractivity contribution is 4.68. The lowest BCUT2D eigenvalue weighted by atomic mass is 10.1. The van der Waals surface area contributed by atoms with Gasteiger partial charge in [-0.1, -0.05) is 0 Å². The first-order valence-electron chi connectivity index (χ1n) is 3.96. The van der Waals surface area contributed by atoms with Crippen LogP contribution >= 0.6 is 0 Å². The third kappa shape index (κ3) is 5.10. The lowest BCUT2D eigenvalue weighted by molar-refractivity contribution is -0.268. The predicted octanol–water partition coefficient (Wildman–Crippen LogP) is 2.32. The Balaban J connectivity index is 4.20. The monoisotopic (exact) mass is 200 g/mol. The fraction of sp³-hybridized carbons (Fsp3) is 1.00. The second-order valence-electron chi connectivity index (χ2n) is 3.95. The lowest BCUT2D eigenvalue weighted by Crippen LogP contribution is -2.38. The number of aliphatic hydroxyl groups is 1. The van der Waals surface area contributed by atoms with Gasteiger partial charge < -0.3 is 9.84 Å². The highest BCUT2D eigenvalue weighted by Gasteiger charge is 2.42. The fourth-order valence-corrected chi connectivity index (χ4v) is 0.626. The topological polar surface area (TPSA) is 29.5 Å². The second kappa shape index (κ2) is 3.84. The number of rotatable bonds is 2. The van der Waals surface area contributed by atoms with Crippen LogP contribution in [0.15, 0.2) is 0 Å². The Morgan fingerprint density at radius 1 is 1.15 bits per heavy atom. The first-order chi connectivity index (χ1) is 5.54. The molecule has 0 radical (unpaired) electrons. The van der Waals surface area contributed by atoms with Crippen LogP contribution in [0.2, 0.25) is 0 Å². The first-order valence-corrected chi connectivity index (χ1v) is 3.96. The zero-order chi connectivity index (χ0) is 10.9. The van der Waals surface area contributed by atoms with E-state index < -0.39 is 24.0 Å². The maximum absolute atomic E-state index is 12.0. The normalized spacial score (nSPS) is 18.5. The van der Waals surface area contributed by atoms with Crippen LogP contribution in [-0.2, 0) is 4.74 Å². The van der Waals surface area contributed by atoms with E-state index >= 15 is 0 Å². The molecule has 0 amide bonds. The molecular formula is C8H15F3O2. The summed E-state index contributed by atoms with van der Waals surface area (Å²) in [5.74, 6) is -1.87. The molecule has 0 saturated heterocycles. The number of hydrogen-bond donors (Lipinski definition) is 1. The van der Waals surface area contributed by atoms with Gasteiger partial charge >= 0.3 is 6.18 Å². The molecule has 0 aromatic rings. The van der Waals surface area contributed by atoms with Crippen LogP contribution in [-0.4, -0.2) is 23.2 Å². The van der Waals surface area contributed by atoms with Gasteiger partial charge in [-0.3, -0.25) is 0 Å². The van der Waals surface area contributed by atoms with Crippen molar-refractivity contribution in [2.24, 2.45) is 5.92 Å². The lowest BCUT2D eigenvalue weighted by Gasteiger charge is -2.28. The highest BCUT2D eigenvalue weighted by Crippen LogP contribution is 2.30. The van der Waals surface area contributed by atoms with E-state index in [0.717, 1.165) is 6.92 Å². The maximum atomic E-state index is 12.0.